The summed E-state index contributed by atoms with van der Waals surface area (Å²) in [4.78, 5) is 28.1. The fraction of sp³-hybridized carbons (Fsp3) is 0.391. The normalized spacial score (nSPS) is 18.7. The van der Waals surface area contributed by atoms with Crippen molar-refractivity contribution in [2.24, 2.45) is 0 Å². The lowest BCUT2D eigenvalue weighted by atomic mass is 9.95. The highest BCUT2D eigenvalue weighted by molar-refractivity contribution is 5.56. The molecule has 9 nitrogen and oxygen atoms in total. The van der Waals surface area contributed by atoms with E-state index >= 15 is 0 Å². The average Bonchev–Trinajstić information content (AvgIpc) is 2.80. The van der Waals surface area contributed by atoms with Gasteiger partial charge in [-0.15, -0.1) is 0 Å². The number of anilines is 1. The zero-order valence-corrected chi connectivity index (χ0v) is 18.3. The number of para-hydroxylation sites is 1. The number of fused-ring (bicyclic) bond motifs is 2. The summed E-state index contributed by atoms with van der Waals surface area (Å²) in [6, 6.07) is 8.87. The van der Waals surface area contributed by atoms with Gasteiger partial charge in [0, 0.05) is 24.3 Å². The van der Waals surface area contributed by atoms with Gasteiger partial charge >= 0.3 is 0 Å². The molecule has 4 heterocycles. The first kappa shape index (κ1) is 20.3. The Hall–Kier alpha value is -3.62. The summed E-state index contributed by atoms with van der Waals surface area (Å²) in [6.07, 6.45) is 3.67. The van der Waals surface area contributed by atoms with Crippen molar-refractivity contribution >= 4 is 5.95 Å². The molecular formula is C23H25N5O4. The third-order valence-electron chi connectivity index (χ3n) is 6.01. The van der Waals surface area contributed by atoms with Crippen LogP contribution in [-0.4, -0.2) is 51.4 Å². The molecule has 2 aliphatic heterocycles. The molecule has 0 saturated carbocycles. The van der Waals surface area contributed by atoms with Gasteiger partial charge in [0.1, 0.15) is 12.9 Å². The minimum absolute atomic E-state index is 0.0972. The van der Waals surface area contributed by atoms with Crippen molar-refractivity contribution in [2.45, 2.75) is 38.5 Å². The van der Waals surface area contributed by atoms with E-state index in [-0.39, 0.29) is 17.2 Å². The van der Waals surface area contributed by atoms with Gasteiger partial charge in [-0.2, -0.15) is 0 Å². The molecule has 3 aromatic rings. The summed E-state index contributed by atoms with van der Waals surface area (Å²) >= 11 is 0. The van der Waals surface area contributed by atoms with Crippen LogP contribution >= 0.6 is 0 Å². The molecule has 5 rings (SSSR count). The quantitative estimate of drug-likeness (QED) is 0.618. The van der Waals surface area contributed by atoms with Crippen LogP contribution in [0.5, 0.6) is 17.2 Å². The molecule has 2 aromatic heterocycles. The Labute approximate surface area is 185 Å². The van der Waals surface area contributed by atoms with Gasteiger partial charge in [0.2, 0.25) is 11.7 Å². The molecule has 9 heteroatoms. The number of nitrogens with zero attached hydrogens (tertiary/aromatic N) is 5. The summed E-state index contributed by atoms with van der Waals surface area (Å²) in [6.45, 7) is 5.80. The standard InChI is InChI=1S/C23H25N5O4/c1-23(2)8-10-27-20(29)11-17(16-7-9-24-14-25-16)26-22(27)28(23)12-15-13-31-21-18(30-3)5-4-6-19(21)32-15/h4-7,9,11,14-15H,8,10,12-13H2,1-3H3. The maximum absolute atomic E-state index is 12.9. The second kappa shape index (κ2) is 7.81. The van der Waals surface area contributed by atoms with Crippen LogP contribution in [0.1, 0.15) is 20.3 Å². The highest BCUT2D eigenvalue weighted by Gasteiger charge is 2.38. The van der Waals surface area contributed by atoms with Crippen molar-refractivity contribution in [1.82, 2.24) is 19.5 Å². The topological polar surface area (TPSA) is 91.6 Å². The van der Waals surface area contributed by atoms with Crippen molar-refractivity contribution < 1.29 is 14.2 Å². The summed E-state index contributed by atoms with van der Waals surface area (Å²) < 4.78 is 19.3. The second-order valence-corrected chi connectivity index (χ2v) is 8.54. The summed E-state index contributed by atoms with van der Waals surface area (Å²) in [7, 11) is 1.61. The molecule has 2 aliphatic rings. The fourth-order valence-electron chi connectivity index (χ4n) is 4.18. The van der Waals surface area contributed by atoms with E-state index in [9.17, 15) is 4.79 Å². The molecule has 0 amide bonds. The predicted octanol–water partition coefficient (Wildman–Crippen LogP) is 2.54. The molecular weight excluding hydrogens is 410 g/mol. The molecule has 0 aliphatic carbocycles. The zero-order valence-electron chi connectivity index (χ0n) is 18.3. The average molecular weight is 435 g/mol. The van der Waals surface area contributed by atoms with Crippen LogP contribution in [0.15, 0.2) is 47.7 Å². The minimum atomic E-state index is -0.236. The van der Waals surface area contributed by atoms with Crippen LogP contribution in [0.4, 0.5) is 5.95 Å². The molecule has 1 unspecified atom stereocenters. The Morgan fingerprint density at radius 1 is 1.25 bits per heavy atom. The Balaban J connectivity index is 1.49. The van der Waals surface area contributed by atoms with Crippen LogP contribution in [0.2, 0.25) is 0 Å². The first-order valence-corrected chi connectivity index (χ1v) is 10.6. The van der Waals surface area contributed by atoms with Crippen molar-refractivity contribution in [2.75, 3.05) is 25.2 Å². The maximum atomic E-state index is 12.9. The number of methoxy groups -OCH3 is 1. The minimum Gasteiger partial charge on any atom is -0.493 e. The SMILES string of the molecule is COc1cccc2c1OCC(CN1c3nc(-c4ccncn4)cc(=O)n3CCC1(C)C)O2. The van der Waals surface area contributed by atoms with Gasteiger partial charge in [-0.3, -0.25) is 9.36 Å². The van der Waals surface area contributed by atoms with E-state index in [0.29, 0.717) is 54.3 Å². The molecule has 0 spiro atoms. The molecule has 0 bridgehead atoms. The van der Waals surface area contributed by atoms with E-state index in [4.69, 9.17) is 19.2 Å². The second-order valence-electron chi connectivity index (χ2n) is 8.54. The molecule has 0 fully saturated rings. The van der Waals surface area contributed by atoms with Gasteiger partial charge in [-0.1, -0.05) is 6.07 Å². The van der Waals surface area contributed by atoms with Crippen LogP contribution in [0.25, 0.3) is 11.4 Å². The largest absolute Gasteiger partial charge is 0.493 e. The van der Waals surface area contributed by atoms with E-state index in [1.807, 2.05) is 18.2 Å². The Bertz CT molecular complexity index is 1190. The fourth-order valence-corrected chi connectivity index (χ4v) is 4.18. The smallest absolute Gasteiger partial charge is 0.255 e. The summed E-state index contributed by atoms with van der Waals surface area (Å²) in [5.74, 6) is 2.52. The van der Waals surface area contributed by atoms with E-state index in [0.717, 1.165) is 6.42 Å². The Morgan fingerprint density at radius 3 is 2.91 bits per heavy atom. The monoisotopic (exact) mass is 435 g/mol. The number of benzene rings is 1. The van der Waals surface area contributed by atoms with Crippen molar-refractivity contribution in [3.05, 3.63) is 53.2 Å². The third-order valence-corrected chi connectivity index (χ3v) is 6.01. The van der Waals surface area contributed by atoms with Gasteiger partial charge in [0.05, 0.1) is 25.0 Å². The predicted molar refractivity (Wildman–Crippen MR) is 118 cm³/mol. The first-order valence-electron chi connectivity index (χ1n) is 10.6. The molecule has 0 saturated heterocycles. The van der Waals surface area contributed by atoms with Crippen molar-refractivity contribution in [3.63, 3.8) is 0 Å². The first-order chi connectivity index (χ1) is 15.5. The lowest BCUT2D eigenvalue weighted by Crippen LogP contribution is -2.56. The lowest BCUT2D eigenvalue weighted by molar-refractivity contribution is 0.0865. The van der Waals surface area contributed by atoms with Crippen LogP contribution in [0, 0.1) is 0 Å². The highest BCUT2D eigenvalue weighted by atomic mass is 16.6. The van der Waals surface area contributed by atoms with Crippen molar-refractivity contribution in [3.8, 4) is 28.6 Å². The third kappa shape index (κ3) is 3.53. The lowest BCUT2D eigenvalue weighted by Gasteiger charge is -2.45. The zero-order chi connectivity index (χ0) is 22.3. The van der Waals surface area contributed by atoms with E-state index in [1.165, 1.54) is 12.4 Å². The van der Waals surface area contributed by atoms with Crippen LogP contribution < -0.4 is 24.7 Å². The summed E-state index contributed by atoms with van der Waals surface area (Å²) in [5.41, 5.74) is 0.825. The summed E-state index contributed by atoms with van der Waals surface area (Å²) in [5, 5.41) is 0. The molecule has 1 atom stereocenters. The van der Waals surface area contributed by atoms with E-state index in [1.54, 1.807) is 23.9 Å². The van der Waals surface area contributed by atoms with E-state index < -0.39 is 0 Å². The van der Waals surface area contributed by atoms with Gasteiger partial charge < -0.3 is 19.1 Å². The van der Waals surface area contributed by atoms with Gasteiger partial charge in [0.15, 0.2) is 17.6 Å². The highest BCUT2D eigenvalue weighted by Crippen LogP contribution is 2.40. The van der Waals surface area contributed by atoms with E-state index in [2.05, 4.69) is 28.7 Å². The van der Waals surface area contributed by atoms with Crippen LogP contribution in [-0.2, 0) is 6.54 Å². The number of ether oxygens (including phenoxy) is 3. The number of hydrogen-bond acceptors (Lipinski definition) is 8. The number of hydrogen-bond donors (Lipinski definition) is 0. The van der Waals surface area contributed by atoms with Crippen molar-refractivity contribution in [1.29, 1.82) is 0 Å². The van der Waals surface area contributed by atoms with Crippen LogP contribution in [0.3, 0.4) is 0 Å². The van der Waals surface area contributed by atoms with Gasteiger partial charge in [-0.25, -0.2) is 15.0 Å². The molecule has 1 aromatic carbocycles. The Kier molecular flexibility index (Phi) is 4.96. The molecule has 0 N–H and O–H groups in total. The number of rotatable bonds is 4. The molecule has 166 valence electrons. The maximum Gasteiger partial charge on any atom is 0.255 e. The van der Waals surface area contributed by atoms with Gasteiger partial charge in [-0.05, 0) is 38.5 Å². The number of aromatic nitrogens is 4. The Morgan fingerprint density at radius 2 is 2.12 bits per heavy atom. The molecule has 0 radical (unpaired) electrons. The molecule has 32 heavy (non-hydrogen) atoms. The van der Waals surface area contributed by atoms with Gasteiger partial charge in [0.25, 0.3) is 5.56 Å².